The summed E-state index contributed by atoms with van der Waals surface area (Å²) in [5, 5.41) is 18.8. The van der Waals surface area contributed by atoms with Gasteiger partial charge in [0.05, 0.1) is 0 Å². The van der Waals surface area contributed by atoms with Crippen molar-refractivity contribution in [3.8, 4) is 11.5 Å². The molecule has 0 bridgehead atoms. The molecule has 126 valence electrons. The van der Waals surface area contributed by atoms with Gasteiger partial charge in [-0.1, -0.05) is 24.3 Å². The molecule has 0 aliphatic carbocycles. The van der Waals surface area contributed by atoms with Crippen LogP contribution in [0.2, 0.25) is 0 Å². The molecule has 2 rings (SSSR count). The SMILES string of the molecule is O=C(Oc1ccc(C[C@@H](C(=O)O)N(I)I)cc1)c1ccccc1O. The Balaban J connectivity index is 2.06. The largest absolute Gasteiger partial charge is 0.507 e. The van der Waals surface area contributed by atoms with Crippen molar-refractivity contribution in [2.75, 3.05) is 0 Å². The van der Waals surface area contributed by atoms with Gasteiger partial charge in [0.2, 0.25) is 0 Å². The number of hydrogen-bond acceptors (Lipinski definition) is 5. The number of phenols is 1. The average molecular weight is 553 g/mol. The molecule has 0 aromatic heterocycles. The fraction of sp³-hybridized carbons (Fsp3) is 0.125. The molecule has 0 radical (unpaired) electrons. The molecule has 0 aliphatic rings. The molecule has 0 saturated heterocycles. The molecule has 1 atom stereocenters. The number of carboxylic acids is 1. The van der Waals surface area contributed by atoms with E-state index in [0.717, 1.165) is 5.56 Å². The van der Waals surface area contributed by atoms with Crippen molar-refractivity contribution in [1.82, 2.24) is 1.33 Å². The van der Waals surface area contributed by atoms with E-state index in [0.29, 0.717) is 12.2 Å². The number of halogens is 2. The molecule has 0 saturated carbocycles. The fourth-order valence-electron chi connectivity index (χ4n) is 1.96. The van der Waals surface area contributed by atoms with E-state index in [1.165, 1.54) is 12.1 Å². The molecule has 0 amide bonds. The zero-order valence-corrected chi connectivity index (χ0v) is 16.5. The van der Waals surface area contributed by atoms with Gasteiger partial charge in [0.15, 0.2) is 0 Å². The number of carbonyl (C=O) groups is 2. The first-order valence-electron chi connectivity index (χ1n) is 6.81. The Hall–Kier alpha value is -1.40. The molecule has 2 aromatic carbocycles. The van der Waals surface area contributed by atoms with Gasteiger partial charge >= 0.3 is 11.9 Å². The van der Waals surface area contributed by atoms with Crippen LogP contribution in [0.25, 0.3) is 0 Å². The highest BCUT2D eigenvalue weighted by molar-refractivity contribution is 14.2. The summed E-state index contributed by atoms with van der Waals surface area (Å²) in [6.07, 6.45) is 0.328. The lowest BCUT2D eigenvalue weighted by atomic mass is 10.1. The van der Waals surface area contributed by atoms with Crippen molar-refractivity contribution in [3.63, 3.8) is 0 Å². The number of aliphatic carboxylic acids is 1. The van der Waals surface area contributed by atoms with Crippen LogP contribution >= 0.6 is 45.7 Å². The van der Waals surface area contributed by atoms with E-state index in [1.807, 2.05) is 45.7 Å². The highest BCUT2D eigenvalue weighted by Gasteiger charge is 2.22. The van der Waals surface area contributed by atoms with Gasteiger partial charge in [-0.15, -0.1) is 0 Å². The van der Waals surface area contributed by atoms with Crippen LogP contribution < -0.4 is 4.74 Å². The number of ether oxygens (including phenoxy) is 1. The lowest BCUT2D eigenvalue weighted by molar-refractivity contribution is -0.139. The minimum atomic E-state index is -0.908. The molecule has 0 unspecified atom stereocenters. The zero-order chi connectivity index (χ0) is 17.7. The third-order valence-corrected chi connectivity index (χ3v) is 4.55. The predicted molar refractivity (Wildman–Crippen MR) is 105 cm³/mol. The monoisotopic (exact) mass is 553 g/mol. The van der Waals surface area contributed by atoms with Crippen LogP contribution in [-0.2, 0) is 11.2 Å². The number of carbonyl (C=O) groups excluding carboxylic acids is 1. The second-order valence-electron chi connectivity index (χ2n) is 4.87. The molecule has 0 spiro atoms. The number of phenolic OH excluding ortho intramolecular Hbond substituents is 1. The molecular weight excluding hydrogens is 540 g/mol. The average Bonchev–Trinajstić information content (AvgIpc) is 2.53. The summed E-state index contributed by atoms with van der Waals surface area (Å²) in [4.78, 5) is 23.2. The van der Waals surface area contributed by atoms with Crippen molar-refractivity contribution < 1.29 is 24.5 Å². The van der Waals surface area contributed by atoms with Crippen molar-refractivity contribution in [2.45, 2.75) is 12.5 Å². The van der Waals surface area contributed by atoms with Crippen LogP contribution in [0.3, 0.4) is 0 Å². The molecule has 0 heterocycles. The summed E-state index contributed by atoms with van der Waals surface area (Å²) in [5.41, 5.74) is 0.890. The van der Waals surface area contributed by atoms with Gasteiger partial charge in [-0.05, 0) is 29.8 Å². The van der Waals surface area contributed by atoms with E-state index in [-0.39, 0.29) is 11.3 Å². The van der Waals surface area contributed by atoms with Gasteiger partial charge in [-0.3, -0.25) is 4.79 Å². The third-order valence-electron chi connectivity index (χ3n) is 3.21. The van der Waals surface area contributed by atoms with Crippen LogP contribution in [0.1, 0.15) is 15.9 Å². The minimum absolute atomic E-state index is 0.0815. The zero-order valence-electron chi connectivity index (χ0n) is 12.2. The van der Waals surface area contributed by atoms with Gasteiger partial charge in [0.1, 0.15) is 23.1 Å². The highest BCUT2D eigenvalue weighted by Crippen LogP contribution is 2.22. The van der Waals surface area contributed by atoms with E-state index in [1.54, 1.807) is 37.7 Å². The Morgan fingerprint density at radius 1 is 1.08 bits per heavy atom. The second-order valence-corrected chi connectivity index (χ2v) is 8.79. The van der Waals surface area contributed by atoms with Gasteiger partial charge in [-0.2, -0.15) is 1.33 Å². The van der Waals surface area contributed by atoms with Crippen LogP contribution in [0.15, 0.2) is 48.5 Å². The number of hydrogen-bond donors (Lipinski definition) is 2. The van der Waals surface area contributed by atoms with Crippen molar-refractivity contribution >= 4 is 57.7 Å². The Kier molecular flexibility index (Phi) is 6.80. The van der Waals surface area contributed by atoms with Crippen molar-refractivity contribution in [1.29, 1.82) is 0 Å². The number of benzene rings is 2. The Morgan fingerprint density at radius 3 is 2.25 bits per heavy atom. The van der Waals surface area contributed by atoms with Crippen molar-refractivity contribution in [3.05, 3.63) is 59.7 Å². The lowest BCUT2D eigenvalue weighted by Crippen LogP contribution is -2.30. The molecule has 8 heteroatoms. The topological polar surface area (TPSA) is 87.1 Å². The first kappa shape index (κ1) is 18.9. The first-order chi connectivity index (χ1) is 11.4. The quantitative estimate of drug-likeness (QED) is 0.246. The first-order valence-corrected chi connectivity index (χ1v) is 8.74. The molecule has 6 nitrogen and oxygen atoms in total. The van der Waals surface area contributed by atoms with Gasteiger partial charge in [0, 0.05) is 52.1 Å². The van der Waals surface area contributed by atoms with E-state index < -0.39 is 18.0 Å². The van der Waals surface area contributed by atoms with Crippen LogP contribution in [0.4, 0.5) is 0 Å². The van der Waals surface area contributed by atoms with Gasteiger partial charge in [-0.25, -0.2) is 4.79 Å². The molecule has 24 heavy (non-hydrogen) atoms. The van der Waals surface area contributed by atoms with Crippen LogP contribution in [-0.4, -0.2) is 29.5 Å². The van der Waals surface area contributed by atoms with Gasteiger partial charge in [0.25, 0.3) is 0 Å². The van der Waals surface area contributed by atoms with E-state index >= 15 is 0 Å². The maximum atomic E-state index is 12.0. The third kappa shape index (κ3) is 5.05. The Morgan fingerprint density at radius 2 is 1.71 bits per heavy atom. The van der Waals surface area contributed by atoms with Crippen LogP contribution in [0.5, 0.6) is 11.5 Å². The number of esters is 1. The Labute approximate surface area is 166 Å². The lowest BCUT2D eigenvalue weighted by Gasteiger charge is -2.16. The molecule has 0 aliphatic heterocycles. The normalized spacial score (nSPS) is 12.0. The molecule has 2 N–H and O–H groups in total. The van der Waals surface area contributed by atoms with E-state index in [9.17, 15) is 19.8 Å². The second kappa shape index (κ2) is 8.62. The van der Waals surface area contributed by atoms with Gasteiger partial charge < -0.3 is 14.9 Å². The molecular formula is C16H13I2NO5. The number of carboxylic acid groups (broad SMARTS) is 1. The minimum Gasteiger partial charge on any atom is -0.507 e. The molecule has 0 fully saturated rings. The fourth-order valence-corrected chi connectivity index (χ4v) is 2.84. The maximum absolute atomic E-state index is 12.0. The highest BCUT2D eigenvalue weighted by atomic mass is 127. The summed E-state index contributed by atoms with van der Waals surface area (Å²) >= 11 is 3.85. The summed E-state index contributed by atoms with van der Waals surface area (Å²) in [6, 6.07) is 12.1. The number of nitrogens with zero attached hydrogens (tertiary/aromatic N) is 1. The summed E-state index contributed by atoms with van der Waals surface area (Å²) in [7, 11) is 0. The summed E-state index contributed by atoms with van der Waals surface area (Å²) < 4.78 is 6.78. The smallest absolute Gasteiger partial charge is 0.347 e. The predicted octanol–water partition coefficient (Wildman–Crippen LogP) is 3.61. The maximum Gasteiger partial charge on any atom is 0.347 e. The van der Waals surface area contributed by atoms with Crippen LogP contribution in [0, 0.1) is 0 Å². The number of para-hydroxylation sites is 1. The van der Waals surface area contributed by atoms with E-state index in [4.69, 9.17) is 4.74 Å². The Bertz CT molecular complexity index is 734. The van der Waals surface area contributed by atoms with Crippen molar-refractivity contribution in [2.24, 2.45) is 0 Å². The molecule has 2 aromatic rings. The van der Waals surface area contributed by atoms with E-state index in [2.05, 4.69) is 0 Å². The summed E-state index contributed by atoms with van der Waals surface area (Å²) in [5.74, 6) is -1.39. The standard InChI is InChI=1S/C16H13I2NO5/c17-19(18)13(15(21)22)9-10-5-7-11(8-6-10)24-16(23)12-3-1-2-4-14(12)20/h1-8,13,20H,9H2,(H,21,22)/t13-/m0/s1. The number of aromatic hydroxyl groups is 1. The summed E-state index contributed by atoms with van der Waals surface area (Å²) in [6.45, 7) is 0. The number of rotatable bonds is 6.